The molecule has 23 heavy (non-hydrogen) atoms. The Morgan fingerprint density at radius 2 is 1.96 bits per heavy atom. The predicted molar refractivity (Wildman–Crippen MR) is 85.0 cm³/mol. The standard InChI is InChI=1S/C17H25F3N2O/c1-5-7-15(21-16(23)11-22(4)12(2)3)13-8-6-9-14(10-13)17(18,19)20/h6,8-10,12,15H,5,7,11H2,1-4H3,(H,21,23)/t15-/m1/s1. The lowest BCUT2D eigenvalue weighted by molar-refractivity contribution is -0.137. The Labute approximate surface area is 135 Å². The van der Waals surface area contributed by atoms with Crippen molar-refractivity contribution in [3.63, 3.8) is 0 Å². The fraction of sp³-hybridized carbons (Fsp3) is 0.588. The van der Waals surface area contributed by atoms with E-state index in [1.165, 1.54) is 6.07 Å². The summed E-state index contributed by atoms with van der Waals surface area (Å²) in [6.45, 7) is 6.11. The summed E-state index contributed by atoms with van der Waals surface area (Å²) in [4.78, 5) is 14.0. The van der Waals surface area contributed by atoms with Gasteiger partial charge in [0.1, 0.15) is 0 Å². The lowest BCUT2D eigenvalue weighted by Gasteiger charge is -2.24. The molecule has 1 rings (SSSR count). The van der Waals surface area contributed by atoms with Gasteiger partial charge < -0.3 is 5.32 Å². The summed E-state index contributed by atoms with van der Waals surface area (Å²) in [6.07, 6.45) is -3.02. The maximum Gasteiger partial charge on any atom is 0.416 e. The smallest absolute Gasteiger partial charge is 0.348 e. The Balaban J connectivity index is 2.88. The SMILES string of the molecule is CCC[C@@H](NC(=O)CN(C)C(C)C)c1cccc(C(F)(F)F)c1. The van der Waals surface area contributed by atoms with Gasteiger partial charge in [-0.05, 0) is 45.0 Å². The summed E-state index contributed by atoms with van der Waals surface area (Å²) in [6, 6.07) is 4.98. The first-order valence-electron chi connectivity index (χ1n) is 7.82. The van der Waals surface area contributed by atoms with Crippen LogP contribution in [0.15, 0.2) is 24.3 Å². The number of likely N-dealkylation sites (N-methyl/N-ethyl adjacent to an activating group) is 1. The van der Waals surface area contributed by atoms with Crippen LogP contribution in [-0.4, -0.2) is 30.4 Å². The van der Waals surface area contributed by atoms with E-state index in [0.717, 1.165) is 18.6 Å². The molecule has 0 fully saturated rings. The molecular formula is C17H25F3N2O. The van der Waals surface area contributed by atoms with Gasteiger partial charge in [0, 0.05) is 6.04 Å². The Bertz CT molecular complexity index is 515. The van der Waals surface area contributed by atoms with Crippen LogP contribution in [0, 0.1) is 0 Å². The highest BCUT2D eigenvalue weighted by Crippen LogP contribution is 2.31. The number of nitrogens with one attached hydrogen (secondary N) is 1. The molecule has 0 radical (unpaired) electrons. The molecule has 0 saturated carbocycles. The average Bonchev–Trinajstić information content (AvgIpc) is 2.45. The highest BCUT2D eigenvalue weighted by molar-refractivity contribution is 5.78. The van der Waals surface area contributed by atoms with Crippen molar-refractivity contribution in [2.75, 3.05) is 13.6 Å². The van der Waals surface area contributed by atoms with Gasteiger partial charge in [0.2, 0.25) is 5.91 Å². The van der Waals surface area contributed by atoms with E-state index in [1.54, 1.807) is 6.07 Å². The van der Waals surface area contributed by atoms with E-state index in [9.17, 15) is 18.0 Å². The molecule has 1 aromatic rings. The molecule has 1 N–H and O–H groups in total. The minimum atomic E-state index is -4.38. The van der Waals surface area contributed by atoms with E-state index < -0.39 is 17.8 Å². The van der Waals surface area contributed by atoms with Crippen LogP contribution in [0.25, 0.3) is 0 Å². The number of hydrogen-bond donors (Lipinski definition) is 1. The second-order valence-corrected chi connectivity index (χ2v) is 6.04. The van der Waals surface area contributed by atoms with Crippen molar-refractivity contribution in [1.29, 1.82) is 0 Å². The Kier molecular flexibility index (Phi) is 7.06. The molecule has 0 aromatic heterocycles. The first-order chi connectivity index (χ1) is 10.6. The predicted octanol–water partition coefficient (Wildman–Crippen LogP) is 4.00. The van der Waals surface area contributed by atoms with Crippen molar-refractivity contribution in [2.45, 2.75) is 51.9 Å². The summed E-state index contributed by atoms with van der Waals surface area (Å²) in [5.74, 6) is -0.183. The summed E-state index contributed by atoms with van der Waals surface area (Å²) in [5.41, 5.74) is -0.202. The maximum atomic E-state index is 12.8. The Morgan fingerprint density at radius 3 is 2.48 bits per heavy atom. The number of rotatable bonds is 7. The highest BCUT2D eigenvalue weighted by atomic mass is 19.4. The van der Waals surface area contributed by atoms with Gasteiger partial charge in [0.15, 0.2) is 0 Å². The van der Waals surface area contributed by atoms with Crippen LogP contribution < -0.4 is 5.32 Å². The molecule has 0 aliphatic carbocycles. The molecule has 1 amide bonds. The number of alkyl halides is 3. The molecule has 6 heteroatoms. The van der Waals surface area contributed by atoms with E-state index in [-0.39, 0.29) is 18.5 Å². The number of hydrogen-bond acceptors (Lipinski definition) is 2. The van der Waals surface area contributed by atoms with Crippen LogP contribution in [0.2, 0.25) is 0 Å². The second kappa shape index (κ2) is 8.34. The monoisotopic (exact) mass is 330 g/mol. The van der Waals surface area contributed by atoms with Crippen molar-refractivity contribution >= 4 is 5.91 Å². The number of carbonyl (C=O) groups excluding carboxylic acids is 1. The molecule has 0 unspecified atom stereocenters. The molecule has 0 aliphatic rings. The van der Waals surface area contributed by atoms with Gasteiger partial charge in [0.25, 0.3) is 0 Å². The zero-order valence-electron chi connectivity index (χ0n) is 14.1. The Hall–Kier alpha value is -1.56. The van der Waals surface area contributed by atoms with Gasteiger partial charge >= 0.3 is 6.18 Å². The molecule has 0 bridgehead atoms. The minimum Gasteiger partial charge on any atom is -0.348 e. The number of nitrogens with zero attached hydrogens (tertiary/aromatic N) is 1. The molecule has 0 saturated heterocycles. The van der Waals surface area contributed by atoms with Crippen molar-refractivity contribution in [3.05, 3.63) is 35.4 Å². The Morgan fingerprint density at radius 1 is 1.30 bits per heavy atom. The van der Waals surface area contributed by atoms with Crippen molar-refractivity contribution in [2.24, 2.45) is 0 Å². The fourth-order valence-electron chi connectivity index (χ4n) is 2.19. The largest absolute Gasteiger partial charge is 0.416 e. The highest BCUT2D eigenvalue weighted by Gasteiger charge is 2.31. The average molecular weight is 330 g/mol. The molecule has 0 heterocycles. The third-order valence-electron chi connectivity index (χ3n) is 3.80. The van der Waals surface area contributed by atoms with Crippen LogP contribution in [0.5, 0.6) is 0 Å². The molecule has 1 aromatic carbocycles. The van der Waals surface area contributed by atoms with Crippen LogP contribution in [0.4, 0.5) is 13.2 Å². The van der Waals surface area contributed by atoms with Gasteiger partial charge in [-0.2, -0.15) is 13.2 Å². The number of halogens is 3. The van der Waals surface area contributed by atoms with E-state index in [0.29, 0.717) is 12.0 Å². The number of amides is 1. The maximum absolute atomic E-state index is 12.8. The van der Waals surface area contributed by atoms with Crippen LogP contribution in [0.3, 0.4) is 0 Å². The molecule has 0 spiro atoms. The van der Waals surface area contributed by atoms with Gasteiger partial charge in [-0.25, -0.2) is 0 Å². The van der Waals surface area contributed by atoms with Crippen molar-refractivity contribution < 1.29 is 18.0 Å². The lowest BCUT2D eigenvalue weighted by Crippen LogP contribution is -2.39. The van der Waals surface area contributed by atoms with E-state index in [1.807, 2.05) is 32.7 Å². The molecule has 1 atom stereocenters. The molecule has 130 valence electrons. The van der Waals surface area contributed by atoms with Gasteiger partial charge in [-0.15, -0.1) is 0 Å². The zero-order valence-corrected chi connectivity index (χ0v) is 14.1. The summed E-state index contributed by atoms with van der Waals surface area (Å²) in [5, 5.41) is 2.85. The van der Waals surface area contributed by atoms with E-state index in [2.05, 4.69) is 5.32 Å². The molecular weight excluding hydrogens is 305 g/mol. The molecule has 3 nitrogen and oxygen atoms in total. The van der Waals surface area contributed by atoms with Crippen LogP contribution in [0.1, 0.15) is 50.8 Å². The summed E-state index contributed by atoms with van der Waals surface area (Å²) >= 11 is 0. The third kappa shape index (κ3) is 6.22. The topological polar surface area (TPSA) is 32.3 Å². The molecule has 0 aliphatic heterocycles. The van der Waals surface area contributed by atoms with Crippen molar-refractivity contribution in [3.8, 4) is 0 Å². The van der Waals surface area contributed by atoms with Gasteiger partial charge in [0.05, 0.1) is 18.2 Å². The van der Waals surface area contributed by atoms with Gasteiger partial charge in [-0.3, -0.25) is 9.69 Å². The number of benzene rings is 1. The number of carbonyl (C=O) groups is 1. The second-order valence-electron chi connectivity index (χ2n) is 6.04. The summed E-state index contributed by atoms with van der Waals surface area (Å²) < 4.78 is 38.5. The minimum absolute atomic E-state index is 0.183. The van der Waals surface area contributed by atoms with Gasteiger partial charge in [-0.1, -0.05) is 25.5 Å². The first-order valence-corrected chi connectivity index (χ1v) is 7.82. The third-order valence-corrected chi connectivity index (χ3v) is 3.80. The normalized spacial score (nSPS) is 13.4. The fourth-order valence-corrected chi connectivity index (χ4v) is 2.19. The van der Waals surface area contributed by atoms with Crippen LogP contribution in [-0.2, 0) is 11.0 Å². The van der Waals surface area contributed by atoms with E-state index in [4.69, 9.17) is 0 Å². The zero-order chi connectivity index (χ0) is 17.6. The first kappa shape index (κ1) is 19.5. The van der Waals surface area contributed by atoms with E-state index >= 15 is 0 Å². The van der Waals surface area contributed by atoms with Crippen LogP contribution >= 0.6 is 0 Å². The quantitative estimate of drug-likeness (QED) is 0.819. The van der Waals surface area contributed by atoms with Crippen molar-refractivity contribution in [1.82, 2.24) is 10.2 Å². The lowest BCUT2D eigenvalue weighted by atomic mass is 10.00. The summed E-state index contributed by atoms with van der Waals surface area (Å²) in [7, 11) is 1.84.